The number of fused-ring (bicyclic) bond motifs is 2. The van der Waals surface area contributed by atoms with E-state index in [-0.39, 0.29) is 23.4 Å². The Hall–Kier alpha value is -2.19. The van der Waals surface area contributed by atoms with Crippen LogP contribution in [0, 0.1) is 17.7 Å². The van der Waals surface area contributed by atoms with E-state index in [1.54, 1.807) is 19.2 Å². The average molecular weight is 460 g/mol. The van der Waals surface area contributed by atoms with Crippen LogP contribution in [0.25, 0.3) is 0 Å². The number of methoxy groups -OCH3 is 1. The van der Waals surface area contributed by atoms with E-state index in [4.69, 9.17) is 9.47 Å². The van der Waals surface area contributed by atoms with Crippen LogP contribution >= 0.6 is 11.3 Å². The molecule has 3 aliphatic carbocycles. The van der Waals surface area contributed by atoms with Crippen molar-refractivity contribution in [2.75, 3.05) is 30.4 Å². The van der Waals surface area contributed by atoms with Crippen LogP contribution in [-0.2, 0) is 11.2 Å². The summed E-state index contributed by atoms with van der Waals surface area (Å²) in [5.74, 6) is 0.987. The van der Waals surface area contributed by atoms with Crippen molar-refractivity contribution < 1.29 is 18.7 Å². The molecule has 0 radical (unpaired) electrons. The fourth-order valence-corrected chi connectivity index (χ4v) is 6.15. The molecule has 6 nitrogen and oxygen atoms in total. The summed E-state index contributed by atoms with van der Waals surface area (Å²) in [5, 5.41) is 3.62. The first-order valence-electron chi connectivity index (χ1n) is 11.4. The smallest absolute Gasteiger partial charge is 0.275 e. The third-order valence-electron chi connectivity index (χ3n) is 7.05. The molecule has 1 aromatic carbocycles. The van der Waals surface area contributed by atoms with Gasteiger partial charge in [-0.05, 0) is 63.0 Å². The van der Waals surface area contributed by atoms with Crippen LogP contribution in [0.15, 0.2) is 18.2 Å². The molecule has 4 aliphatic rings. The maximum atomic E-state index is 14.7. The monoisotopic (exact) mass is 459 g/mol. The molecular weight excluding hydrogens is 429 g/mol. The van der Waals surface area contributed by atoms with Crippen LogP contribution in [0.2, 0.25) is 0 Å². The highest BCUT2D eigenvalue weighted by Crippen LogP contribution is 2.46. The Morgan fingerprint density at radius 3 is 2.62 bits per heavy atom. The second-order valence-electron chi connectivity index (χ2n) is 9.65. The number of hydrogen-bond donors (Lipinski definition) is 1. The molecule has 3 saturated carbocycles. The van der Waals surface area contributed by atoms with Crippen LogP contribution in [0.5, 0.6) is 5.75 Å². The van der Waals surface area contributed by atoms with Gasteiger partial charge in [0, 0.05) is 23.7 Å². The van der Waals surface area contributed by atoms with Crippen molar-refractivity contribution in [3.05, 3.63) is 34.6 Å². The molecule has 6 rings (SSSR count). The lowest BCUT2D eigenvalue weighted by molar-refractivity contribution is -0.0167. The van der Waals surface area contributed by atoms with E-state index in [1.165, 1.54) is 30.2 Å². The number of halogens is 1. The molecule has 2 bridgehead atoms. The van der Waals surface area contributed by atoms with Crippen molar-refractivity contribution in [1.82, 2.24) is 4.98 Å². The minimum Gasteiger partial charge on any atom is -0.487 e. The molecule has 8 heteroatoms. The summed E-state index contributed by atoms with van der Waals surface area (Å²) in [7, 11) is 1.71. The predicted molar refractivity (Wildman–Crippen MR) is 123 cm³/mol. The number of amides is 1. The zero-order valence-corrected chi connectivity index (χ0v) is 19.6. The number of hydrogen-bond acceptors (Lipinski definition) is 6. The molecule has 2 aromatic rings. The van der Waals surface area contributed by atoms with Gasteiger partial charge in [-0.25, -0.2) is 9.37 Å². The van der Waals surface area contributed by atoms with Gasteiger partial charge in [0.05, 0.1) is 24.8 Å². The van der Waals surface area contributed by atoms with E-state index in [0.717, 1.165) is 47.8 Å². The van der Waals surface area contributed by atoms with Gasteiger partial charge in [0.15, 0.2) is 16.7 Å². The first kappa shape index (κ1) is 21.6. The zero-order valence-electron chi connectivity index (χ0n) is 18.8. The zero-order chi connectivity index (χ0) is 22.5. The summed E-state index contributed by atoms with van der Waals surface area (Å²) >= 11 is 1.53. The Balaban J connectivity index is 1.24. The van der Waals surface area contributed by atoms with Gasteiger partial charge in [0.25, 0.3) is 5.91 Å². The fraction of sp³-hybridized carbons (Fsp3) is 0.583. The van der Waals surface area contributed by atoms with Gasteiger partial charge < -0.3 is 19.7 Å². The largest absolute Gasteiger partial charge is 0.487 e. The minimum absolute atomic E-state index is 0.101. The van der Waals surface area contributed by atoms with E-state index in [9.17, 15) is 9.18 Å². The van der Waals surface area contributed by atoms with Gasteiger partial charge in [-0.3, -0.25) is 4.79 Å². The van der Waals surface area contributed by atoms with Gasteiger partial charge >= 0.3 is 0 Å². The summed E-state index contributed by atoms with van der Waals surface area (Å²) < 4.78 is 26.1. The standard InChI is InChI=1S/C24H30FN3O3S/c1-4-20-21(27-23(32-20)28-12-24(2,13-28)30-3)22(29)26-16-5-6-19(18(25)11-16)31-17-9-14-7-15(8-14)10-17/h5-6,11,14-15,17H,4,7-10,12-13H2,1-3H3,(H,26,29). The molecule has 2 heterocycles. The molecule has 0 unspecified atom stereocenters. The molecule has 0 atom stereocenters. The van der Waals surface area contributed by atoms with Crippen molar-refractivity contribution in [3.63, 3.8) is 0 Å². The van der Waals surface area contributed by atoms with E-state index < -0.39 is 5.82 Å². The Labute approximate surface area is 192 Å². The molecule has 0 spiro atoms. The molecule has 1 aliphatic heterocycles. The van der Waals surface area contributed by atoms with E-state index in [2.05, 4.69) is 22.1 Å². The molecule has 1 saturated heterocycles. The normalized spacial score (nSPS) is 25.6. The first-order valence-corrected chi connectivity index (χ1v) is 12.2. The molecule has 32 heavy (non-hydrogen) atoms. The third-order valence-corrected chi connectivity index (χ3v) is 8.31. The van der Waals surface area contributed by atoms with Crippen LogP contribution in [0.3, 0.4) is 0 Å². The Morgan fingerprint density at radius 1 is 1.28 bits per heavy atom. The highest BCUT2D eigenvalue weighted by atomic mass is 32.1. The van der Waals surface area contributed by atoms with Crippen molar-refractivity contribution in [1.29, 1.82) is 0 Å². The van der Waals surface area contributed by atoms with Gasteiger partial charge in [0.2, 0.25) is 0 Å². The Morgan fingerprint density at radius 2 is 2.00 bits per heavy atom. The van der Waals surface area contributed by atoms with E-state index in [0.29, 0.717) is 17.8 Å². The van der Waals surface area contributed by atoms with Crippen molar-refractivity contribution in [3.8, 4) is 5.75 Å². The van der Waals surface area contributed by atoms with Crippen molar-refractivity contribution in [2.24, 2.45) is 11.8 Å². The summed E-state index contributed by atoms with van der Waals surface area (Å²) in [6, 6.07) is 4.64. The average Bonchev–Trinajstić information content (AvgIpc) is 3.17. The summed E-state index contributed by atoms with van der Waals surface area (Å²) in [6.45, 7) is 5.56. The number of carbonyl (C=O) groups is 1. The molecule has 172 valence electrons. The SMILES string of the molecule is CCc1sc(N2CC(C)(OC)C2)nc1C(=O)Nc1ccc(OC2CC3CC(C3)C2)c(F)c1. The van der Waals surface area contributed by atoms with Crippen molar-refractivity contribution >= 4 is 28.1 Å². The van der Waals surface area contributed by atoms with E-state index in [1.807, 2.05) is 6.92 Å². The number of nitrogens with one attached hydrogen (secondary N) is 1. The number of rotatable bonds is 7. The van der Waals surface area contributed by atoms with Gasteiger partial charge in [-0.15, -0.1) is 11.3 Å². The third kappa shape index (κ3) is 4.10. The lowest BCUT2D eigenvalue weighted by Gasteiger charge is -2.46. The Kier molecular flexibility index (Phi) is 5.61. The van der Waals surface area contributed by atoms with Crippen LogP contribution in [0.4, 0.5) is 15.2 Å². The number of aromatic nitrogens is 1. The fourth-order valence-electron chi connectivity index (χ4n) is 5.16. The Bertz CT molecular complexity index is 1000. The molecule has 1 aromatic heterocycles. The molecule has 1 amide bonds. The van der Waals surface area contributed by atoms with Gasteiger partial charge in [0.1, 0.15) is 5.69 Å². The number of nitrogens with zero attached hydrogens (tertiary/aromatic N) is 2. The van der Waals surface area contributed by atoms with Crippen LogP contribution in [0.1, 0.15) is 54.9 Å². The number of carbonyl (C=O) groups excluding carboxylic acids is 1. The number of anilines is 2. The van der Waals surface area contributed by atoms with Gasteiger partial charge in [-0.2, -0.15) is 0 Å². The van der Waals surface area contributed by atoms with Gasteiger partial charge in [-0.1, -0.05) is 6.92 Å². The highest BCUT2D eigenvalue weighted by molar-refractivity contribution is 7.16. The molecule has 4 fully saturated rings. The second kappa shape index (κ2) is 8.30. The van der Waals surface area contributed by atoms with Crippen LogP contribution < -0.4 is 15.0 Å². The number of aryl methyl sites for hydroxylation is 1. The number of ether oxygens (including phenoxy) is 2. The summed E-state index contributed by atoms with van der Waals surface area (Å²) in [4.78, 5) is 20.5. The number of benzene rings is 1. The lowest BCUT2D eigenvalue weighted by atomic mass is 9.64. The second-order valence-corrected chi connectivity index (χ2v) is 10.7. The maximum Gasteiger partial charge on any atom is 0.275 e. The lowest BCUT2D eigenvalue weighted by Crippen LogP contribution is -2.61. The molecule has 1 N–H and O–H groups in total. The van der Waals surface area contributed by atoms with E-state index >= 15 is 0 Å². The highest BCUT2D eigenvalue weighted by Gasteiger charge is 2.41. The first-order chi connectivity index (χ1) is 15.4. The minimum atomic E-state index is -0.448. The summed E-state index contributed by atoms with van der Waals surface area (Å²) in [6.07, 6.45) is 5.44. The molecular formula is C24H30FN3O3S. The quantitative estimate of drug-likeness (QED) is 0.639. The summed E-state index contributed by atoms with van der Waals surface area (Å²) in [5.41, 5.74) is 0.638. The van der Waals surface area contributed by atoms with Crippen LogP contribution in [-0.4, -0.2) is 42.8 Å². The number of thiazole rings is 1. The van der Waals surface area contributed by atoms with Crippen molar-refractivity contribution in [2.45, 2.75) is 57.7 Å². The topological polar surface area (TPSA) is 63.7 Å². The predicted octanol–water partition coefficient (Wildman–Crippen LogP) is 4.89. The maximum absolute atomic E-state index is 14.7.